The van der Waals surface area contributed by atoms with Gasteiger partial charge in [-0.05, 0) is 36.8 Å². The summed E-state index contributed by atoms with van der Waals surface area (Å²) in [5, 5.41) is 13.0. The van der Waals surface area contributed by atoms with Crippen molar-refractivity contribution in [3.63, 3.8) is 0 Å². The molecule has 26 heavy (non-hydrogen) atoms. The summed E-state index contributed by atoms with van der Waals surface area (Å²) in [7, 11) is 0. The van der Waals surface area contributed by atoms with Crippen LogP contribution in [-0.4, -0.2) is 22.8 Å². The number of hydrogen-bond donors (Lipinski definition) is 1. The van der Waals surface area contributed by atoms with Crippen molar-refractivity contribution < 1.29 is 23.7 Å². The number of amides is 4. The fourth-order valence-electron chi connectivity index (χ4n) is 2.27. The summed E-state index contributed by atoms with van der Waals surface area (Å²) in [5.74, 6) is -2.46. The maximum atomic E-state index is 12.6. The molecule has 1 fully saturated rings. The lowest BCUT2D eigenvalue weighted by Crippen LogP contribution is -2.54. The van der Waals surface area contributed by atoms with E-state index >= 15 is 0 Å². The zero-order valence-corrected chi connectivity index (χ0v) is 13.9. The van der Waals surface area contributed by atoms with Gasteiger partial charge in [-0.1, -0.05) is 17.7 Å². The number of nitrogens with zero attached hydrogens (tertiary/aromatic N) is 2. The fraction of sp³-hybridized carbons (Fsp3) is 0.0625. The van der Waals surface area contributed by atoms with Crippen LogP contribution < -0.4 is 10.2 Å². The second-order valence-corrected chi connectivity index (χ2v) is 5.73. The van der Waals surface area contributed by atoms with E-state index in [1.54, 1.807) is 13.0 Å². The molecule has 1 aromatic heterocycles. The number of nitrogens with one attached hydrogen (secondary N) is 1. The van der Waals surface area contributed by atoms with E-state index in [2.05, 4.69) is 0 Å². The molecule has 10 heteroatoms. The molecule has 0 saturated carbocycles. The van der Waals surface area contributed by atoms with Gasteiger partial charge in [0.25, 0.3) is 11.8 Å². The van der Waals surface area contributed by atoms with Crippen LogP contribution in [0.4, 0.5) is 16.4 Å². The van der Waals surface area contributed by atoms with E-state index in [1.807, 2.05) is 5.32 Å². The number of anilines is 1. The number of halogens is 1. The van der Waals surface area contributed by atoms with E-state index in [9.17, 15) is 24.5 Å². The molecule has 0 unspecified atom stereocenters. The summed E-state index contributed by atoms with van der Waals surface area (Å²) < 4.78 is 4.91. The molecule has 2 aromatic rings. The summed E-state index contributed by atoms with van der Waals surface area (Å²) in [6.45, 7) is 1.75. The second-order valence-electron chi connectivity index (χ2n) is 5.32. The lowest BCUT2D eigenvalue weighted by molar-refractivity contribution is -0.402. The summed E-state index contributed by atoms with van der Waals surface area (Å²) in [6, 6.07) is 5.93. The van der Waals surface area contributed by atoms with E-state index in [0.29, 0.717) is 5.02 Å². The van der Waals surface area contributed by atoms with Crippen LogP contribution in [0.5, 0.6) is 0 Å². The molecule has 0 atom stereocenters. The van der Waals surface area contributed by atoms with Crippen molar-refractivity contribution in [3.8, 4) is 0 Å². The molecule has 1 N–H and O–H groups in total. The van der Waals surface area contributed by atoms with E-state index in [-0.39, 0.29) is 11.4 Å². The van der Waals surface area contributed by atoms with Crippen LogP contribution in [0.2, 0.25) is 5.02 Å². The predicted molar refractivity (Wildman–Crippen MR) is 90.6 cm³/mol. The van der Waals surface area contributed by atoms with Gasteiger partial charge in [0.1, 0.15) is 16.3 Å². The number of furan rings is 1. The fourth-order valence-corrected chi connectivity index (χ4v) is 2.45. The maximum absolute atomic E-state index is 12.6. The number of carbonyl (C=O) groups is 3. The Morgan fingerprint density at radius 1 is 1.23 bits per heavy atom. The third kappa shape index (κ3) is 3.07. The largest absolute Gasteiger partial charge is 0.433 e. The highest BCUT2D eigenvalue weighted by atomic mass is 35.5. The van der Waals surface area contributed by atoms with Gasteiger partial charge >= 0.3 is 11.9 Å². The number of aryl methyl sites for hydroxylation is 1. The normalized spacial score (nSPS) is 16.2. The maximum Gasteiger partial charge on any atom is 0.433 e. The van der Waals surface area contributed by atoms with Gasteiger partial charge in [-0.25, -0.2) is 9.69 Å². The highest BCUT2D eigenvalue weighted by Crippen LogP contribution is 2.27. The summed E-state index contributed by atoms with van der Waals surface area (Å²) >= 11 is 6.03. The number of hydrogen-bond acceptors (Lipinski definition) is 6. The van der Waals surface area contributed by atoms with Crippen LogP contribution in [0.25, 0.3) is 6.08 Å². The molecule has 2 heterocycles. The monoisotopic (exact) mass is 375 g/mol. The average Bonchev–Trinajstić information content (AvgIpc) is 3.03. The van der Waals surface area contributed by atoms with E-state index < -0.39 is 34.2 Å². The Morgan fingerprint density at radius 3 is 2.58 bits per heavy atom. The topological polar surface area (TPSA) is 123 Å². The first-order valence-electron chi connectivity index (χ1n) is 7.20. The van der Waals surface area contributed by atoms with Crippen molar-refractivity contribution in [1.82, 2.24) is 5.32 Å². The van der Waals surface area contributed by atoms with Crippen molar-refractivity contribution in [2.24, 2.45) is 0 Å². The summed E-state index contributed by atoms with van der Waals surface area (Å²) in [5.41, 5.74) is 0.507. The molecule has 9 nitrogen and oxygen atoms in total. The predicted octanol–water partition coefficient (Wildman–Crippen LogP) is 2.82. The molecule has 132 valence electrons. The third-order valence-electron chi connectivity index (χ3n) is 3.59. The standard InChI is InChI=1S/C16H10ClN3O6/c1-8-2-3-9(6-12(8)17)19-15(22)11(14(21)18-16(19)23)7-10-4-5-13(26-10)20(24)25/h2-7H,1H3,(H,18,21,23)/b11-7+. The third-order valence-corrected chi connectivity index (χ3v) is 4.00. The minimum absolute atomic E-state index is 0.0774. The van der Waals surface area contributed by atoms with Crippen molar-refractivity contribution in [1.29, 1.82) is 0 Å². The van der Waals surface area contributed by atoms with Crippen LogP contribution in [-0.2, 0) is 9.59 Å². The molecule has 0 aliphatic carbocycles. The molecule has 0 bridgehead atoms. The zero-order chi connectivity index (χ0) is 19.0. The number of nitro groups is 1. The Hall–Kier alpha value is -3.46. The molecule has 4 amide bonds. The molecule has 0 spiro atoms. The van der Waals surface area contributed by atoms with Gasteiger partial charge < -0.3 is 4.42 Å². The van der Waals surface area contributed by atoms with Gasteiger partial charge in [-0.3, -0.25) is 25.0 Å². The minimum atomic E-state index is -0.937. The zero-order valence-electron chi connectivity index (χ0n) is 13.2. The van der Waals surface area contributed by atoms with Crippen LogP contribution in [0, 0.1) is 17.0 Å². The highest BCUT2D eigenvalue weighted by molar-refractivity contribution is 6.39. The molecule has 0 radical (unpaired) electrons. The molecule has 1 aromatic carbocycles. The van der Waals surface area contributed by atoms with Crippen LogP contribution in [0.1, 0.15) is 11.3 Å². The van der Waals surface area contributed by atoms with Gasteiger partial charge in [0.2, 0.25) is 0 Å². The molecular formula is C16H10ClN3O6. The van der Waals surface area contributed by atoms with Crippen molar-refractivity contribution in [2.75, 3.05) is 4.90 Å². The van der Waals surface area contributed by atoms with Gasteiger partial charge in [0.05, 0.1) is 11.8 Å². The number of urea groups is 1. The SMILES string of the molecule is Cc1ccc(N2C(=O)NC(=O)/C(=C\c3ccc([N+](=O)[O-])o3)C2=O)cc1Cl. The Labute approximate surface area is 151 Å². The van der Waals surface area contributed by atoms with Crippen LogP contribution in [0.15, 0.2) is 40.3 Å². The Morgan fingerprint density at radius 2 is 1.96 bits per heavy atom. The molecule has 1 aliphatic rings. The molecule has 3 rings (SSSR count). The van der Waals surface area contributed by atoms with Gasteiger partial charge in [-0.2, -0.15) is 0 Å². The van der Waals surface area contributed by atoms with Crippen molar-refractivity contribution in [3.05, 3.63) is 62.4 Å². The Bertz CT molecular complexity index is 994. The average molecular weight is 376 g/mol. The van der Waals surface area contributed by atoms with Crippen LogP contribution >= 0.6 is 11.6 Å². The first kappa shape index (κ1) is 17.4. The smallest absolute Gasteiger partial charge is 0.401 e. The Kier molecular flexibility index (Phi) is 4.31. The van der Waals surface area contributed by atoms with Crippen molar-refractivity contribution in [2.45, 2.75) is 6.92 Å². The van der Waals surface area contributed by atoms with E-state index in [0.717, 1.165) is 22.6 Å². The first-order valence-corrected chi connectivity index (χ1v) is 7.57. The van der Waals surface area contributed by atoms with Gasteiger partial charge in [0.15, 0.2) is 0 Å². The molecule has 1 saturated heterocycles. The van der Waals surface area contributed by atoms with E-state index in [4.69, 9.17) is 16.0 Å². The number of carbonyl (C=O) groups excluding carboxylic acids is 3. The van der Waals surface area contributed by atoms with E-state index in [1.165, 1.54) is 18.2 Å². The van der Waals surface area contributed by atoms with Crippen molar-refractivity contribution >= 4 is 47.1 Å². The number of barbiturate groups is 1. The second kappa shape index (κ2) is 6.45. The van der Waals surface area contributed by atoms with Gasteiger partial charge in [0, 0.05) is 5.02 Å². The summed E-state index contributed by atoms with van der Waals surface area (Å²) in [6.07, 6.45) is 1.03. The van der Waals surface area contributed by atoms with Crippen LogP contribution in [0.3, 0.4) is 0 Å². The lowest BCUT2D eigenvalue weighted by atomic mass is 10.1. The number of imide groups is 2. The number of benzene rings is 1. The van der Waals surface area contributed by atoms with Gasteiger partial charge in [-0.15, -0.1) is 0 Å². The highest BCUT2D eigenvalue weighted by Gasteiger charge is 2.37. The number of rotatable bonds is 3. The summed E-state index contributed by atoms with van der Waals surface area (Å²) in [4.78, 5) is 47.4. The molecule has 1 aliphatic heterocycles. The quantitative estimate of drug-likeness (QED) is 0.381. The minimum Gasteiger partial charge on any atom is -0.401 e. The Balaban J connectivity index is 2.00. The lowest BCUT2D eigenvalue weighted by Gasteiger charge is -2.26. The first-order chi connectivity index (χ1) is 12.3. The molecular weight excluding hydrogens is 366 g/mol.